The van der Waals surface area contributed by atoms with Crippen LogP contribution in [-0.2, 0) is 23.3 Å². The van der Waals surface area contributed by atoms with Gasteiger partial charge in [0.25, 0.3) is 14.1 Å². The summed E-state index contributed by atoms with van der Waals surface area (Å²) < 4.78 is 42.1. The average molecular weight is 869 g/mol. The lowest BCUT2D eigenvalue weighted by molar-refractivity contribution is -0.162. The highest BCUT2D eigenvalue weighted by molar-refractivity contribution is 8.00. The molecule has 5 aromatic rings. The van der Waals surface area contributed by atoms with Gasteiger partial charge in [-0.25, -0.2) is 14.6 Å². The maximum absolute atomic E-state index is 13.3. The van der Waals surface area contributed by atoms with Gasteiger partial charge in [0.1, 0.15) is 29.3 Å². The standard InChI is InChI=1S/C44H53N8O7PS/c1-29(2)52(30(3)4)60(57-24-12-23-45)59-38-37-41(51-28-46-36-39(51)48-42(49-40(36)53)47-27-50(5)6)58-43(38,25-56-37)26-61-44(31-13-10-9-11-14-31,32-15-19-34(54-7)20-16-32)33-17-21-35(55-8)22-18-33/h9-11,13-22,27-30,37-38,41H,12,24-26H2,1-8H3,(H,48,49,53)/t37?,38?,41-,43-,60?/m1/s1. The minimum absolute atomic E-state index is 0.0562. The van der Waals surface area contributed by atoms with Crippen molar-refractivity contribution in [2.75, 3.05) is 47.3 Å². The molecule has 3 aromatic carbocycles. The molecule has 0 spiro atoms. The van der Waals surface area contributed by atoms with Crippen LogP contribution in [0.3, 0.4) is 0 Å². The number of imidazole rings is 1. The molecule has 4 heterocycles. The minimum Gasteiger partial charge on any atom is -0.497 e. The second-order valence-corrected chi connectivity index (χ2v) is 18.2. The van der Waals surface area contributed by atoms with Crippen LogP contribution in [0.2, 0.25) is 0 Å². The van der Waals surface area contributed by atoms with Gasteiger partial charge in [-0.1, -0.05) is 54.6 Å². The Morgan fingerprint density at radius 3 is 2.21 bits per heavy atom. The Hall–Kier alpha value is -4.85. The number of nitrogens with one attached hydrogen (secondary N) is 1. The number of benzene rings is 3. The molecule has 2 aromatic heterocycles. The van der Waals surface area contributed by atoms with Gasteiger partial charge < -0.3 is 32.9 Å². The quantitative estimate of drug-likeness (QED) is 0.0288. The van der Waals surface area contributed by atoms with Gasteiger partial charge in [0, 0.05) is 31.9 Å². The fourth-order valence-electron chi connectivity index (χ4n) is 7.90. The van der Waals surface area contributed by atoms with E-state index in [1.54, 1.807) is 48.1 Å². The summed E-state index contributed by atoms with van der Waals surface area (Å²) in [6.45, 7) is 8.83. The van der Waals surface area contributed by atoms with Crippen LogP contribution in [0, 0.1) is 11.3 Å². The van der Waals surface area contributed by atoms with Crippen molar-refractivity contribution in [1.29, 1.82) is 5.26 Å². The monoisotopic (exact) mass is 868 g/mol. The van der Waals surface area contributed by atoms with E-state index in [2.05, 4.69) is 89.8 Å². The van der Waals surface area contributed by atoms with E-state index in [-0.39, 0.29) is 43.2 Å². The van der Waals surface area contributed by atoms with Gasteiger partial charge in [-0.2, -0.15) is 10.2 Å². The van der Waals surface area contributed by atoms with E-state index in [9.17, 15) is 10.1 Å². The Morgan fingerprint density at radius 1 is 1.02 bits per heavy atom. The maximum atomic E-state index is 13.3. The largest absolute Gasteiger partial charge is 0.497 e. The molecule has 0 radical (unpaired) electrons. The number of aromatic amines is 1. The summed E-state index contributed by atoms with van der Waals surface area (Å²) in [5.41, 5.74) is 2.06. The molecule has 3 unspecified atom stereocenters. The van der Waals surface area contributed by atoms with E-state index >= 15 is 0 Å². The molecule has 2 aliphatic heterocycles. The number of nitrogens with zero attached hydrogens (tertiary/aromatic N) is 7. The third-order valence-electron chi connectivity index (χ3n) is 10.7. The smallest absolute Gasteiger partial charge is 0.280 e. The molecule has 0 aliphatic carbocycles. The van der Waals surface area contributed by atoms with Crippen molar-refractivity contribution in [3.63, 3.8) is 0 Å². The highest BCUT2D eigenvalue weighted by Crippen LogP contribution is 2.58. The van der Waals surface area contributed by atoms with Crippen molar-refractivity contribution in [2.45, 2.75) is 75.0 Å². The van der Waals surface area contributed by atoms with Crippen molar-refractivity contribution >= 4 is 43.7 Å². The fraction of sp³-hybridized carbons (Fsp3) is 0.432. The molecule has 17 heteroatoms. The van der Waals surface area contributed by atoms with Crippen LogP contribution in [-0.4, -0.2) is 113 Å². The molecular weight excluding hydrogens is 816 g/mol. The van der Waals surface area contributed by atoms with Gasteiger partial charge in [0.2, 0.25) is 5.95 Å². The first-order valence-electron chi connectivity index (χ1n) is 20.1. The Kier molecular flexibility index (Phi) is 13.8. The number of hydrogen-bond acceptors (Lipinski definition) is 13. The van der Waals surface area contributed by atoms with Gasteiger partial charge in [0.15, 0.2) is 17.4 Å². The third-order valence-corrected chi connectivity index (χ3v) is 14.5. The Morgan fingerprint density at radius 2 is 1.64 bits per heavy atom. The highest BCUT2D eigenvalue weighted by atomic mass is 32.2. The molecule has 15 nitrogen and oxygen atoms in total. The molecule has 5 atom stereocenters. The van der Waals surface area contributed by atoms with Gasteiger partial charge in [0.05, 0.1) is 57.3 Å². The zero-order chi connectivity index (χ0) is 43.3. The predicted octanol–water partition coefficient (Wildman–Crippen LogP) is 7.41. The van der Waals surface area contributed by atoms with Crippen LogP contribution in [0.25, 0.3) is 11.2 Å². The summed E-state index contributed by atoms with van der Waals surface area (Å²) in [4.78, 5) is 31.3. The van der Waals surface area contributed by atoms with E-state index in [4.69, 9.17) is 33.0 Å². The van der Waals surface area contributed by atoms with Crippen LogP contribution in [0.15, 0.2) is 95.0 Å². The van der Waals surface area contributed by atoms with Gasteiger partial charge in [-0.3, -0.25) is 14.3 Å². The number of methoxy groups -OCH3 is 2. The van der Waals surface area contributed by atoms with Crippen LogP contribution >= 0.6 is 20.3 Å². The van der Waals surface area contributed by atoms with Crippen LogP contribution < -0.4 is 15.0 Å². The fourth-order valence-corrected chi connectivity index (χ4v) is 11.4. The summed E-state index contributed by atoms with van der Waals surface area (Å²) in [6.07, 6.45) is 1.21. The van der Waals surface area contributed by atoms with Crippen LogP contribution in [0.4, 0.5) is 5.95 Å². The Balaban J connectivity index is 1.37. The third kappa shape index (κ3) is 8.92. The first kappa shape index (κ1) is 44.2. The molecule has 0 saturated carbocycles. The predicted molar refractivity (Wildman–Crippen MR) is 237 cm³/mol. The number of aliphatic imine (C=N–C) groups is 1. The number of nitriles is 1. The number of rotatable bonds is 19. The zero-order valence-corrected chi connectivity index (χ0v) is 37.4. The molecule has 2 bridgehead atoms. The van der Waals surface area contributed by atoms with Crippen molar-refractivity contribution in [2.24, 2.45) is 4.99 Å². The van der Waals surface area contributed by atoms with Gasteiger partial charge in [-0.05, 0) is 68.7 Å². The summed E-state index contributed by atoms with van der Waals surface area (Å²) in [7, 11) is 5.26. The topological polar surface area (TPSA) is 162 Å². The van der Waals surface area contributed by atoms with Gasteiger partial charge in [-0.15, -0.1) is 11.8 Å². The SMILES string of the molecule is COc1ccc(C(SC[C@]23COC(C2OP(OCCC#N)N(C(C)C)C(C)C)[C@H](n2cnc4c(=O)[nH]c(N=CN(C)C)nc42)O3)(c2ccccc2)c2ccc(OC)cc2)cc1. The Bertz CT molecular complexity index is 2320. The molecular formula is C44H53N8O7PS. The van der Waals surface area contributed by atoms with Crippen molar-refractivity contribution in [1.82, 2.24) is 29.1 Å². The normalized spacial score (nSPS) is 20.6. The molecule has 0 amide bonds. The number of hydrogen-bond donors (Lipinski definition) is 1. The maximum Gasteiger partial charge on any atom is 0.280 e. The molecule has 2 aliphatic rings. The molecule has 1 N–H and O–H groups in total. The molecule has 61 heavy (non-hydrogen) atoms. The van der Waals surface area contributed by atoms with E-state index in [0.29, 0.717) is 11.4 Å². The lowest BCUT2D eigenvalue weighted by atomic mass is 9.84. The van der Waals surface area contributed by atoms with Crippen LogP contribution in [0.5, 0.6) is 11.5 Å². The second kappa shape index (κ2) is 19.0. The molecule has 322 valence electrons. The number of H-pyrrole nitrogens is 1. The average Bonchev–Trinajstić information content (AvgIpc) is 3.93. The first-order valence-corrected chi connectivity index (χ1v) is 22.3. The molecule has 7 rings (SSSR count). The highest BCUT2D eigenvalue weighted by Gasteiger charge is 2.65. The van der Waals surface area contributed by atoms with Crippen LogP contribution in [0.1, 0.15) is 57.0 Å². The second-order valence-electron chi connectivity index (χ2n) is 15.6. The van der Waals surface area contributed by atoms with E-state index in [1.165, 1.54) is 0 Å². The van der Waals surface area contributed by atoms with Crippen molar-refractivity contribution in [3.05, 3.63) is 112 Å². The minimum atomic E-state index is -1.72. The molecule has 2 saturated heterocycles. The van der Waals surface area contributed by atoms with Crippen molar-refractivity contribution in [3.8, 4) is 17.6 Å². The number of thioether (sulfide) groups is 1. The van der Waals surface area contributed by atoms with E-state index < -0.39 is 42.9 Å². The van der Waals surface area contributed by atoms with E-state index in [1.807, 2.05) is 56.6 Å². The summed E-state index contributed by atoms with van der Waals surface area (Å²) in [5, 5.41) is 9.48. The van der Waals surface area contributed by atoms with Crippen molar-refractivity contribution < 1.29 is 28.0 Å². The van der Waals surface area contributed by atoms with Gasteiger partial charge >= 0.3 is 0 Å². The summed E-state index contributed by atoms with van der Waals surface area (Å²) in [6, 6.07) is 29.0. The number of aromatic nitrogens is 4. The Labute approximate surface area is 362 Å². The lowest BCUT2D eigenvalue weighted by Gasteiger charge is -2.41. The number of ether oxygens (including phenoxy) is 4. The zero-order valence-electron chi connectivity index (χ0n) is 35.7. The lowest BCUT2D eigenvalue weighted by Crippen LogP contribution is -2.46. The summed E-state index contributed by atoms with van der Waals surface area (Å²) in [5.74, 6) is 2.00. The first-order chi connectivity index (χ1) is 29.4. The molecule has 2 fully saturated rings. The number of fused-ring (bicyclic) bond motifs is 3. The summed E-state index contributed by atoms with van der Waals surface area (Å²) >= 11 is 1.72. The van der Waals surface area contributed by atoms with E-state index in [0.717, 1.165) is 28.2 Å².